The Balaban J connectivity index is 2.66. The fraction of sp³-hybridized carbons (Fsp3) is 0.455. The summed E-state index contributed by atoms with van der Waals surface area (Å²) in [5.74, 6) is 0.205. The molecule has 96 valence electrons. The van der Waals surface area contributed by atoms with E-state index >= 15 is 0 Å². The number of hydrogen-bond acceptors (Lipinski definition) is 1. The molecule has 2 nitrogen and oxygen atoms in total. The lowest BCUT2D eigenvalue weighted by atomic mass is 10.1. The van der Waals surface area contributed by atoms with E-state index in [9.17, 15) is 17.4 Å². The summed E-state index contributed by atoms with van der Waals surface area (Å²) < 4.78 is 51.1. The standard InChI is InChI=1S/C11H14F3NOS/c1-8(2)15-17(16)7-9-3-5-10(6-4-9)11(12,13)14/h3-6,8,15H,7H2,1-2H3. The van der Waals surface area contributed by atoms with E-state index in [2.05, 4.69) is 4.72 Å². The van der Waals surface area contributed by atoms with Crippen molar-refractivity contribution < 1.29 is 17.4 Å². The van der Waals surface area contributed by atoms with Crippen LogP contribution in [0, 0.1) is 0 Å². The Labute approximate surface area is 101 Å². The summed E-state index contributed by atoms with van der Waals surface area (Å²) in [5, 5.41) is 0. The van der Waals surface area contributed by atoms with Gasteiger partial charge in [-0.25, -0.2) is 8.93 Å². The lowest BCUT2D eigenvalue weighted by Crippen LogP contribution is -2.26. The molecule has 0 fully saturated rings. The van der Waals surface area contributed by atoms with Gasteiger partial charge in [0.1, 0.15) is 0 Å². The predicted octanol–water partition coefficient (Wildman–Crippen LogP) is 2.87. The first kappa shape index (κ1) is 14.2. The summed E-state index contributed by atoms with van der Waals surface area (Å²) in [6, 6.07) is 4.78. The fourth-order valence-electron chi connectivity index (χ4n) is 1.25. The molecule has 0 aliphatic rings. The average Bonchev–Trinajstić information content (AvgIpc) is 2.15. The van der Waals surface area contributed by atoms with Crippen molar-refractivity contribution in [1.29, 1.82) is 0 Å². The van der Waals surface area contributed by atoms with E-state index in [1.165, 1.54) is 12.1 Å². The molecule has 0 bridgehead atoms. The molecule has 0 aliphatic carbocycles. The van der Waals surface area contributed by atoms with Crippen molar-refractivity contribution in [3.05, 3.63) is 35.4 Å². The number of hydrogen-bond donors (Lipinski definition) is 1. The second kappa shape index (κ2) is 5.64. The first-order chi connectivity index (χ1) is 7.79. The summed E-state index contributed by atoms with van der Waals surface area (Å²) in [6.45, 7) is 3.70. The third-order valence-electron chi connectivity index (χ3n) is 1.95. The number of halogens is 3. The molecular formula is C11H14F3NOS. The number of rotatable bonds is 4. The minimum absolute atomic E-state index is 0.0743. The zero-order chi connectivity index (χ0) is 13.1. The maximum Gasteiger partial charge on any atom is 0.416 e. The van der Waals surface area contributed by atoms with Crippen LogP contribution in [0.5, 0.6) is 0 Å². The van der Waals surface area contributed by atoms with Gasteiger partial charge in [0.15, 0.2) is 0 Å². The molecule has 1 N–H and O–H groups in total. The minimum atomic E-state index is -4.33. The minimum Gasteiger partial charge on any atom is -0.243 e. The van der Waals surface area contributed by atoms with Crippen molar-refractivity contribution in [3.63, 3.8) is 0 Å². The van der Waals surface area contributed by atoms with Crippen molar-refractivity contribution >= 4 is 11.0 Å². The normalized spacial score (nSPS) is 14.0. The Hall–Kier alpha value is -0.880. The highest BCUT2D eigenvalue weighted by molar-refractivity contribution is 7.82. The van der Waals surface area contributed by atoms with Gasteiger partial charge in [-0.3, -0.25) is 0 Å². The molecule has 0 saturated heterocycles. The van der Waals surface area contributed by atoms with Crippen LogP contribution < -0.4 is 4.72 Å². The zero-order valence-electron chi connectivity index (χ0n) is 9.54. The summed E-state index contributed by atoms with van der Waals surface area (Å²) in [5.41, 5.74) is -0.0756. The van der Waals surface area contributed by atoms with Crippen LogP contribution in [0.4, 0.5) is 13.2 Å². The Morgan fingerprint density at radius 2 is 1.76 bits per heavy atom. The van der Waals surface area contributed by atoms with Crippen LogP contribution in [0.15, 0.2) is 24.3 Å². The Morgan fingerprint density at radius 3 is 2.18 bits per heavy atom. The smallest absolute Gasteiger partial charge is 0.243 e. The van der Waals surface area contributed by atoms with Crippen molar-refractivity contribution in [2.24, 2.45) is 0 Å². The predicted molar refractivity (Wildman–Crippen MR) is 61.6 cm³/mol. The second-order valence-electron chi connectivity index (χ2n) is 3.96. The summed E-state index contributed by atoms with van der Waals surface area (Å²) in [4.78, 5) is 0. The molecule has 1 aromatic rings. The molecule has 1 rings (SSSR count). The Kier molecular flexibility index (Phi) is 4.70. The molecule has 0 amide bonds. The molecule has 0 radical (unpaired) electrons. The monoisotopic (exact) mass is 265 g/mol. The number of benzene rings is 1. The Bertz CT molecular complexity index is 387. The third-order valence-corrected chi connectivity index (χ3v) is 3.28. The molecule has 0 spiro atoms. The molecule has 1 aromatic carbocycles. The summed E-state index contributed by atoms with van der Waals surface area (Å²) in [6.07, 6.45) is -4.33. The van der Waals surface area contributed by atoms with Crippen LogP contribution in [-0.2, 0) is 22.9 Å². The van der Waals surface area contributed by atoms with Gasteiger partial charge in [-0.2, -0.15) is 13.2 Å². The SMILES string of the molecule is CC(C)NS(=O)Cc1ccc(C(F)(F)F)cc1. The molecule has 17 heavy (non-hydrogen) atoms. The van der Waals surface area contributed by atoms with E-state index in [-0.39, 0.29) is 11.8 Å². The van der Waals surface area contributed by atoms with Gasteiger partial charge in [0.05, 0.1) is 22.3 Å². The van der Waals surface area contributed by atoms with Gasteiger partial charge in [0.2, 0.25) is 0 Å². The van der Waals surface area contributed by atoms with Gasteiger partial charge in [-0.15, -0.1) is 0 Å². The third kappa shape index (κ3) is 4.87. The lowest BCUT2D eigenvalue weighted by molar-refractivity contribution is -0.137. The van der Waals surface area contributed by atoms with Crippen LogP contribution in [0.3, 0.4) is 0 Å². The quantitative estimate of drug-likeness (QED) is 0.891. The van der Waals surface area contributed by atoms with E-state index in [0.29, 0.717) is 5.56 Å². The van der Waals surface area contributed by atoms with Gasteiger partial charge in [-0.1, -0.05) is 12.1 Å². The maximum atomic E-state index is 12.3. The topological polar surface area (TPSA) is 29.1 Å². The second-order valence-corrected chi connectivity index (χ2v) is 5.17. The summed E-state index contributed by atoms with van der Waals surface area (Å²) >= 11 is 0. The average molecular weight is 265 g/mol. The van der Waals surface area contributed by atoms with Gasteiger partial charge in [0.25, 0.3) is 0 Å². The van der Waals surface area contributed by atoms with E-state index in [4.69, 9.17) is 0 Å². The number of nitrogens with one attached hydrogen (secondary N) is 1. The maximum absolute atomic E-state index is 12.3. The van der Waals surface area contributed by atoms with Crippen molar-refractivity contribution in [2.45, 2.75) is 31.8 Å². The Morgan fingerprint density at radius 1 is 1.24 bits per heavy atom. The highest BCUT2D eigenvalue weighted by Gasteiger charge is 2.29. The molecule has 0 aromatic heterocycles. The highest BCUT2D eigenvalue weighted by atomic mass is 32.2. The van der Waals surface area contributed by atoms with E-state index in [1.54, 1.807) is 0 Å². The van der Waals surface area contributed by atoms with Crippen LogP contribution in [0.25, 0.3) is 0 Å². The first-order valence-electron chi connectivity index (χ1n) is 5.09. The van der Waals surface area contributed by atoms with E-state index in [1.807, 2.05) is 13.8 Å². The molecule has 0 aliphatic heterocycles. The fourth-order valence-corrected chi connectivity index (χ4v) is 2.35. The first-order valence-corrected chi connectivity index (χ1v) is 6.41. The van der Waals surface area contributed by atoms with Gasteiger partial charge in [0, 0.05) is 6.04 Å². The summed E-state index contributed by atoms with van der Waals surface area (Å²) in [7, 11) is -1.26. The molecular weight excluding hydrogens is 251 g/mol. The number of alkyl halides is 3. The van der Waals surface area contributed by atoms with Gasteiger partial charge >= 0.3 is 6.18 Å². The van der Waals surface area contributed by atoms with Crippen LogP contribution in [0.1, 0.15) is 25.0 Å². The van der Waals surface area contributed by atoms with E-state index in [0.717, 1.165) is 12.1 Å². The molecule has 1 unspecified atom stereocenters. The molecule has 0 saturated carbocycles. The lowest BCUT2D eigenvalue weighted by Gasteiger charge is -2.09. The van der Waals surface area contributed by atoms with Crippen molar-refractivity contribution in [1.82, 2.24) is 4.72 Å². The van der Waals surface area contributed by atoms with Gasteiger partial charge in [-0.05, 0) is 31.5 Å². The molecule has 6 heteroatoms. The van der Waals surface area contributed by atoms with Crippen LogP contribution in [-0.4, -0.2) is 10.3 Å². The van der Waals surface area contributed by atoms with Crippen LogP contribution >= 0.6 is 0 Å². The highest BCUT2D eigenvalue weighted by Crippen LogP contribution is 2.29. The molecule has 0 heterocycles. The van der Waals surface area contributed by atoms with Gasteiger partial charge < -0.3 is 0 Å². The largest absolute Gasteiger partial charge is 0.416 e. The molecule has 1 atom stereocenters. The van der Waals surface area contributed by atoms with Crippen molar-refractivity contribution in [2.75, 3.05) is 0 Å². The van der Waals surface area contributed by atoms with Crippen LogP contribution in [0.2, 0.25) is 0 Å². The van der Waals surface area contributed by atoms with E-state index < -0.39 is 22.7 Å². The zero-order valence-corrected chi connectivity index (χ0v) is 10.4. The van der Waals surface area contributed by atoms with Crippen molar-refractivity contribution in [3.8, 4) is 0 Å².